The van der Waals surface area contributed by atoms with E-state index in [0.29, 0.717) is 27.3 Å². The Morgan fingerprint density at radius 2 is 2.17 bits per heavy atom. The molecule has 4 heterocycles. The second kappa shape index (κ2) is 11.7. The normalized spacial score (nSPS) is 25.4. The first-order valence-corrected chi connectivity index (χ1v) is 15.7. The number of aromatic amines is 1. The summed E-state index contributed by atoms with van der Waals surface area (Å²) in [6.07, 6.45) is -1.33. The summed E-state index contributed by atoms with van der Waals surface area (Å²) in [6, 6.07) is -0.944. The molecule has 2 aliphatic rings. The van der Waals surface area contributed by atoms with E-state index in [4.69, 9.17) is 36.5 Å². The maximum absolute atomic E-state index is 13.6. The van der Waals surface area contributed by atoms with Crippen molar-refractivity contribution in [3.8, 4) is 0 Å². The predicted molar refractivity (Wildman–Crippen MR) is 139 cm³/mol. The maximum Gasteiger partial charge on any atom is 0.406 e. The van der Waals surface area contributed by atoms with Crippen molar-refractivity contribution in [2.24, 2.45) is 0 Å². The molecule has 0 bridgehead atoms. The van der Waals surface area contributed by atoms with E-state index >= 15 is 0 Å². The Morgan fingerprint density at radius 3 is 2.86 bits per heavy atom. The minimum atomic E-state index is -3.97. The molecule has 2 aromatic heterocycles. The van der Waals surface area contributed by atoms with Crippen LogP contribution in [0.3, 0.4) is 0 Å². The average Bonchev–Trinajstić information content (AvgIpc) is 3.52. The van der Waals surface area contributed by atoms with Crippen molar-refractivity contribution in [2.75, 3.05) is 23.8 Å². The lowest BCUT2D eigenvalue weighted by Gasteiger charge is -2.26. The van der Waals surface area contributed by atoms with Crippen LogP contribution in [0, 0.1) is 4.64 Å². The third-order valence-electron chi connectivity index (χ3n) is 5.31. The number of nitrogens with zero attached hydrogens (tertiary/aromatic N) is 3. The number of hydrogen-bond acceptors (Lipinski definition) is 13. The van der Waals surface area contributed by atoms with Gasteiger partial charge >= 0.3 is 13.7 Å². The van der Waals surface area contributed by atoms with E-state index in [9.17, 15) is 14.5 Å². The molecule has 2 fully saturated rings. The van der Waals surface area contributed by atoms with E-state index in [-0.39, 0.29) is 31.2 Å². The summed E-state index contributed by atoms with van der Waals surface area (Å²) in [6.45, 7) is 4.72. The third kappa shape index (κ3) is 6.60. The highest BCUT2D eigenvalue weighted by atomic mass is 33.1. The van der Waals surface area contributed by atoms with Gasteiger partial charge in [-0.1, -0.05) is 33.8 Å². The van der Waals surface area contributed by atoms with Crippen molar-refractivity contribution in [1.29, 1.82) is 0 Å². The van der Waals surface area contributed by atoms with Crippen LogP contribution in [0.5, 0.6) is 0 Å². The first-order valence-electron chi connectivity index (χ1n) is 11.3. The minimum absolute atomic E-state index is 0.130. The van der Waals surface area contributed by atoms with Crippen LogP contribution in [0.1, 0.15) is 33.4 Å². The van der Waals surface area contributed by atoms with Crippen LogP contribution in [0.4, 0.5) is 5.95 Å². The molecule has 13 nitrogen and oxygen atoms in total. The van der Waals surface area contributed by atoms with Gasteiger partial charge in [0, 0.05) is 17.9 Å². The van der Waals surface area contributed by atoms with Gasteiger partial charge in [0.1, 0.15) is 28.5 Å². The van der Waals surface area contributed by atoms with Gasteiger partial charge in [0.15, 0.2) is 5.65 Å². The molecule has 1 unspecified atom stereocenters. The summed E-state index contributed by atoms with van der Waals surface area (Å²) in [5, 5.41) is 13.3. The van der Waals surface area contributed by atoms with Crippen LogP contribution in [-0.4, -0.2) is 79.2 Å². The average molecular weight is 581 g/mol. The number of rotatable bonds is 10. The van der Waals surface area contributed by atoms with Gasteiger partial charge in [-0.2, -0.15) is 4.98 Å². The van der Waals surface area contributed by atoms with Gasteiger partial charge < -0.3 is 25.3 Å². The summed E-state index contributed by atoms with van der Waals surface area (Å²) < 4.78 is 38.3. The fraction of sp³-hybridized carbons (Fsp3) is 0.684. The molecule has 5 atom stereocenters. The largest absolute Gasteiger partial charge is 0.462 e. The second-order valence-electron chi connectivity index (χ2n) is 8.63. The number of nitrogens with two attached hydrogens (primary N) is 1. The Balaban J connectivity index is 1.45. The van der Waals surface area contributed by atoms with Gasteiger partial charge in [0.25, 0.3) is 0 Å². The van der Waals surface area contributed by atoms with Crippen molar-refractivity contribution >= 4 is 64.6 Å². The van der Waals surface area contributed by atoms with Crippen LogP contribution in [0.2, 0.25) is 0 Å². The molecular weight excluding hydrogens is 551 g/mol. The molecule has 0 aromatic carbocycles. The summed E-state index contributed by atoms with van der Waals surface area (Å²) in [7, 11) is -0.768. The van der Waals surface area contributed by atoms with E-state index in [1.165, 1.54) is 13.3 Å². The first kappa shape index (κ1) is 27.8. The Labute approximate surface area is 220 Å². The summed E-state index contributed by atoms with van der Waals surface area (Å²) in [5.41, 5.74) is 6.65. The SMILES string of the molecule is CC(C)OC(=O)[C@H](C)NP(=O)(OC[C@H]1O[C@@H](n2cnc3c(=S)[nH]c(N)nc32)C[C@@H]1O)OC1CSSC1. The predicted octanol–water partition coefficient (Wildman–Crippen LogP) is 2.55. The Morgan fingerprint density at radius 1 is 1.44 bits per heavy atom. The van der Waals surface area contributed by atoms with Crippen LogP contribution in [0.25, 0.3) is 11.2 Å². The fourth-order valence-corrected chi connectivity index (χ4v) is 8.25. The number of hydrogen-bond donors (Lipinski definition) is 4. The quantitative estimate of drug-likeness (QED) is 0.140. The molecule has 17 heteroatoms. The minimum Gasteiger partial charge on any atom is -0.462 e. The molecule has 0 amide bonds. The third-order valence-corrected chi connectivity index (χ3v) is 9.87. The number of fused-ring (bicyclic) bond motifs is 1. The topological polar surface area (TPSA) is 176 Å². The number of nitrogens with one attached hydrogen (secondary N) is 2. The number of esters is 1. The van der Waals surface area contributed by atoms with E-state index in [0.717, 1.165) is 0 Å². The van der Waals surface area contributed by atoms with E-state index < -0.39 is 38.2 Å². The number of aromatic nitrogens is 4. The lowest BCUT2D eigenvalue weighted by molar-refractivity contribution is -0.149. The van der Waals surface area contributed by atoms with Gasteiger partial charge in [0.05, 0.1) is 31.2 Å². The van der Waals surface area contributed by atoms with Gasteiger partial charge in [-0.05, 0) is 20.8 Å². The summed E-state index contributed by atoms with van der Waals surface area (Å²) in [5.74, 6) is 0.801. The molecular formula is C19H29N6O7PS3. The highest BCUT2D eigenvalue weighted by molar-refractivity contribution is 8.77. The van der Waals surface area contributed by atoms with Gasteiger partial charge in [0.2, 0.25) is 5.95 Å². The lowest BCUT2D eigenvalue weighted by atomic mass is 10.2. The number of imidazole rings is 1. The van der Waals surface area contributed by atoms with Crippen LogP contribution in [0.15, 0.2) is 6.33 Å². The van der Waals surface area contributed by atoms with E-state index in [2.05, 4.69) is 20.0 Å². The zero-order valence-electron chi connectivity index (χ0n) is 19.9. The number of carbonyl (C=O) groups excluding carboxylic acids is 1. The van der Waals surface area contributed by atoms with E-state index in [1.54, 1.807) is 40.0 Å². The summed E-state index contributed by atoms with van der Waals surface area (Å²) in [4.78, 5) is 23.5. The molecule has 4 rings (SSSR count). The molecule has 0 aliphatic carbocycles. The maximum atomic E-state index is 13.6. The fourth-order valence-electron chi connectivity index (χ4n) is 3.64. The Kier molecular flexibility index (Phi) is 9.00. The van der Waals surface area contributed by atoms with Crippen molar-refractivity contribution in [3.63, 3.8) is 0 Å². The number of carbonyl (C=O) groups is 1. The van der Waals surface area contributed by atoms with Crippen molar-refractivity contribution in [3.05, 3.63) is 11.0 Å². The van der Waals surface area contributed by atoms with Crippen molar-refractivity contribution in [2.45, 2.75) is 63.9 Å². The molecule has 0 radical (unpaired) electrons. The van der Waals surface area contributed by atoms with E-state index in [1.807, 2.05) is 0 Å². The number of anilines is 1. The van der Waals surface area contributed by atoms with Crippen molar-refractivity contribution < 1.29 is 33.0 Å². The molecule has 0 saturated carbocycles. The Bertz CT molecular complexity index is 1190. The van der Waals surface area contributed by atoms with Gasteiger partial charge in [-0.15, -0.1) is 0 Å². The number of aliphatic hydroxyl groups excluding tert-OH is 1. The zero-order chi connectivity index (χ0) is 26.0. The number of nitrogen functional groups attached to an aromatic ring is 1. The molecule has 200 valence electrons. The van der Waals surface area contributed by atoms with Crippen molar-refractivity contribution in [1.82, 2.24) is 24.6 Å². The molecule has 2 aliphatic heterocycles. The zero-order valence-corrected chi connectivity index (χ0v) is 23.2. The number of aliphatic hydroxyl groups is 1. The van der Waals surface area contributed by atoms with Crippen LogP contribution in [-0.2, 0) is 27.9 Å². The highest BCUT2D eigenvalue weighted by Gasteiger charge is 2.40. The second-order valence-corrected chi connectivity index (χ2v) is 13.3. The monoisotopic (exact) mass is 580 g/mol. The molecule has 2 aromatic rings. The smallest absolute Gasteiger partial charge is 0.406 e. The number of H-pyrrole nitrogens is 1. The lowest BCUT2D eigenvalue weighted by Crippen LogP contribution is -2.37. The van der Waals surface area contributed by atoms with Gasteiger partial charge in [-0.25, -0.2) is 14.6 Å². The van der Waals surface area contributed by atoms with Crippen LogP contribution >= 0.6 is 41.6 Å². The molecule has 2 saturated heterocycles. The van der Waals surface area contributed by atoms with Gasteiger partial charge in [-0.3, -0.25) is 18.4 Å². The Hall–Kier alpha value is -1.23. The molecule has 0 spiro atoms. The summed E-state index contributed by atoms with van der Waals surface area (Å²) >= 11 is 5.24. The highest BCUT2D eigenvalue weighted by Crippen LogP contribution is 2.49. The number of ether oxygens (including phenoxy) is 2. The van der Waals surface area contributed by atoms with Crippen LogP contribution < -0.4 is 10.8 Å². The first-order chi connectivity index (χ1) is 17.0. The molecule has 36 heavy (non-hydrogen) atoms. The molecule has 5 N–H and O–H groups in total. The standard InChI is InChI=1S/C19H29N6O7PS3/c1-9(2)30-18(27)10(3)24-33(28,32-11-6-35-36-7-11)29-5-13-12(26)4-14(31-13)25-8-21-15-16(25)22-19(20)23-17(15)34/h8-14,26H,4-7H2,1-3H3,(H,24,28)(H3,20,22,23,34)/t10-,12-,13+,14+,33?/m0/s1.